The summed E-state index contributed by atoms with van der Waals surface area (Å²) in [4.78, 5) is 34.3. The van der Waals surface area contributed by atoms with Crippen LogP contribution in [0.1, 0.15) is 12.5 Å². The SMILES string of the molecule is COC[C@@H](C)NC(=O)CSc1nc2ccccc2c(=O)n1-c1cc(C)ccn1. The largest absolute Gasteiger partial charge is 0.383 e. The number of hydrogen-bond donors (Lipinski definition) is 1. The molecule has 0 radical (unpaired) electrons. The van der Waals surface area contributed by atoms with E-state index in [0.717, 1.165) is 5.56 Å². The number of pyridine rings is 1. The second-order valence-electron chi connectivity index (χ2n) is 6.46. The van der Waals surface area contributed by atoms with Gasteiger partial charge in [-0.3, -0.25) is 9.59 Å². The van der Waals surface area contributed by atoms with Gasteiger partial charge in [0.15, 0.2) is 5.16 Å². The predicted molar refractivity (Wildman–Crippen MR) is 110 cm³/mol. The average molecular weight is 398 g/mol. The summed E-state index contributed by atoms with van der Waals surface area (Å²) in [7, 11) is 1.59. The van der Waals surface area contributed by atoms with Crippen LogP contribution in [0.4, 0.5) is 0 Å². The molecule has 3 rings (SSSR count). The fourth-order valence-corrected chi connectivity index (χ4v) is 3.60. The normalized spacial score (nSPS) is 12.1. The van der Waals surface area contributed by atoms with E-state index < -0.39 is 0 Å². The van der Waals surface area contributed by atoms with Crippen molar-refractivity contribution in [2.45, 2.75) is 25.0 Å². The van der Waals surface area contributed by atoms with E-state index in [-0.39, 0.29) is 23.3 Å². The first-order valence-corrected chi connectivity index (χ1v) is 9.84. The van der Waals surface area contributed by atoms with Crippen molar-refractivity contribution in [3.05, 3.63) is 58.5 Å². The molecule has 0 saturated carbocycles. The third-order valence-corrected chi connectivity index (χ3v) is 4.97. The molecule has 28 heavy (non-hydrogen) atoms. The minimum Gasteiger partial charge on any atom is -0.383 e. The Balaban J connectivity index is 1.97. The van der Waals surface area contributed by atoms with E-state index >= 15 is 0 Å². The van der Waals surface area contributed by atoms with Gasteiger partial charge in [0.25, 0.3) is 5.56 Å². The molecule has 0 spiro atoms. The molecule has 1 atom stereocenters. The number of nitrogens with one attached hydrogen (secondary N) is 1. The second-order valence-corrected chi connectivity index (χ2v) is 7.40. The first-order chi connectivity index (χ1) is 13.5. The summed E-state index contributed by atoms with van der Waals surface area (Å²) in [5.41, 5.74) is 1.36. The Kier molecular flexibility index (Phi) is 6.43. The lowest BCUT2D eigenvalue weighted by Crippen LogP contribution is -2.36. The van der Waals surface area contributed by atoms with Crippen molar-refractivity contribution >= 4 is 28.6 Å². The highest BCUT2D eigenvalue weighted by molar-refractivity contribution is 7.99. The lowest BCUT2D eigenvalue weighted by molar-refractivity contribution is -0.119. The third kappa shape index (κ3) is 4.58. The summed E-state index contributed by atoms with van der Waals surface area (Å²) in [6.07, 6.45) is 1.65. The quantitative estimate of drug-likeness (QED) is 0.486. The van der Waals surface area contributed by atoms with Gasteiger partial charge >= 0.3 is 0 Å². The summed E-state index contributed by atoms with van der Waals surface area (Å²) < 4.78 is 6.50. The maximum Gasteiger partial charge on any atom is 0.267 e. The van der Waals surface area contributed by atoms with Gasteiger partial charge in [-0.05, 0) is 43.7 Å². The van der Waals surface area contributed by atoms with Crippen LogP contribution in [-0.4, -0.2) is 46.0 Å². The maximum atomic E-state index is 13.1. The Bertz CT molecular complexity index is 1050. The molecule has 0 fully saturated rings. The molecule has 1 amide bonds. The average Bonchev–Trinajstić information content (AvgIpc) is 2.66. The molecular formula is C20H22N4O3S. The van der Waals surface area contributed by atoms with E-state index in [1.54, 1.807) is 31.5 Å². The summed E-state index contributed by atoms with van der Waals surface area (Å²) in [5, 5.41) is 3.79. The number of amides is 1. The molecule has 7 nitrogen and oxygen atoms in total. The van der Waals surface area contributed by atoms with Crippen LogP contribution >= 0.6 is 11.8 Å². The van der Waals surface area contributed by atoms with E-state index in [1.807, 2.05) is 32.0 Å². The molecule has 8 heteroatoms. The van der Waals surface area contributed by atoms with Gasteiger partial charge in [0.2, 0.25) is 5.91 Å². The number of ether oxygens (including phenoxy) is 1. The number of aryl methyl sites for hydroxylation is 1. The minimum atomic E-state index is -0.209. The molecule has 2 heterocycles. The Hall–Kier alpha value is -2.71. The zero-order valence-electron chi connectivity index (χ0n) is 16.0. The first-order valence-electron chi connectivity index (χ1n) is 8.85. The molecule has 0 saturated heterocycles. The number of thioether (sulfide) groups is 1. The number of para-hydroxylation sites is 1. The van der Waals surface area contributed by atoms with Crippen molar-refractivity contribution in [2.24, 2.45) is 0 Å². The number of aromatic nitrogens is 3. The van der Waals surface area contributed by atoms with Crippen molar-refractivity contribution in [1.29, 1.82) is 0 Å². The molecular weight excluding hydrogens is 376 g/mol. The number of benzene rings is 1. The van der Waals surface area contributed by atoms with Gasteiger partial charge in [-0.25, -0.2) is 14.5 Å². The Morgan fingerprint density at radius 2 is 2.11 bits per heavy atom. The van der Waals surface area contributed by atoms with Crippen LogP contribution in [0.25, 0.3) is 16.7 Å². The number of fused-ring (bicyclic) bond motifs is 1. The van der Waals surface area contributed by atoms with Crippen LogP contribution in [0.3, 0.4) is 0 Å². The Labute approximate surface area is 167 Å². The van der Waals surface area contributed by atoms with Gasteiger partial charge in [-0.2, -0.15) is 0 Å². The van der Waals surface area contributed by atoms with Gasteiger partial charge < -0.3 is 10.1 Å². The summed E-state index contributed by atoms with van der Waals surface area (Å²) in [6, 6.07) is 10.8. The van der Waals surface area contributed by atoms with E-state index in [1.165, 1.54) is 16.3 Å². The lowest BCUT2D eigenvalue weighted by atomic mass is 10.2. The molecule has 146 valence electrons. The molecule has 1 N–H and O–H groups in total. The summed E-state index contributed by atoms with van der Waals surface area (Å²) in [6.45, 7) is 4.23. The van der Waals surface area contributed by atoms with Crippen molar-refractivity contribution < 1.29 is 9.53 Å². The molecule has 0 unspecified atom stereocenters. The van der Waals surface area contributed by atoms with Gasteiger partial charge in [0.05, 0.1) is 23.3 Å². The zero-order chi connectivity index (χ0) is 20.1. The predicted octanol–water partition coefficient (Wildman–Crippen LogP) is 2.33. The van der Waals surface area contributed by atoms with Crippen LogP contribution in [0.2, 0.25) is 0 Å². The van der Waals surface area contributed by atoms with Gasteiger partial charge in [-0.15, -0.1) is 0 Å². The summed E-state index contributed by atoms with van der Waals surface area (Å²) in [5.74, 6) is 0.463. The van der Waals surface area contributed by atoms with Crippen molar-refractivity contribution in [1.82, 2.24) is 19.9 Å². The van der Waals surface area contributed by atoms with Crippen LogP contribution in [-0.2, 0) is 9.53 Å². The summed E-state index contributed by atoms with van der Waals surface area (Å²) >= 11 is 1.20. The monoisotopic (exact) mass is 398 g/mol. The molecule has 0 aliphatic heterocycles. The molecule has 3 aromatic rings. The van der Waals surface area contributed by atoms with E-state index in [2.05, 4.69) is 15.3 Å². The Morgan fingerprint density at radius 3 is 2.86 bits per heavy atom. The van der Waals surface area contributed by atoms with E-state index in [4.69, 9.17) is 4.74 Å². The third-order valence-electron chi connectivity index (χ3n) is 4.03. The highest BCUT2D eigenvalue weighted by Crippen LogP contribution is 2.20. The highest BCUT2D eigenvalue weighted by Gasteiger charge is 2.16. The van der Waals surface area contributed by atoms with Crippen molar-refractivity contribution in [3.63, 3.8) is 0 Å². The molecule has 0 bridgehead atoms. The second kappa shape index (κ2) is 8.99. The van der Waals surface area contributed by atoms with Crippen LogP contribution in [0.15, 0.2) is 52.5 Å². The zero-order valence-corrected chi connectivity index (χ0v) is 16.8. The maximum absolute atomic E-state index is 13.1. The minimum absolute atomic E-state index is 0.0942. The fraction of sp³-hybridized carbons (Fsp3) is 0.300. The highest BCUT2D eigenvalue weighted by atomic mass is 32.2. The standard InChI is InChI=1S/C20H22N4O3S/c1-13-8-9-21-17(10-13)24-19(26)15-6-4-5-7-16(15)23-20(24)28-12-18(25)22-14(2)11-27-3/h4-10,14H,11-12H2,1-3H3,(H,22,25)/t14-/m1/s1. The Morgan fingerprint density at radius 1 is 1.32 bits per heavy atom. The number of carbonyl (C=O) groups is 1. The topological polar surface area (TPSA) is 86.1 Å². The lowest BCUT2D eigenvalue weighted by Gasteiger charge is -2.14. The number of rotatable bonds is 7. The molecule has 0 aliphatic rings. The van der Waals surface area contributed by atoms with Crippen LogP contribution in [0.5, 0.6) is 0 Å². The van der Waals surface area contributed by atoms with Crippen LogP contribution < -0.4 is 10.9 Å². The van der Waals surface area contributed by atoms with Gasteiger partial charge in [0.1, 0.15) is 5.82 Å². The fourth-order valence-electron chi connectivity index (χ4n) is 2.79. The molecule has 1 aromatic carbocycles. The van der Waals surface area contributed by atoms with E-state index in [9.17, 15) is 9.59 Å². The van der Waals surface area contributed by atoms with Crippen LogP contribution in [0, 0.1) is 6.92 Å². The van der Waals surface area contributed by atoms with Gasteiger partial charge in [0, 0.05) is 19.3 Å². The van der Waals surface area contributed by atoms with Crippen molar-refractivity contribution in [2.75, 3.05) is 19.5 Å². The number of methoxy groups -OCH3 is 1. The first kappa shape index (κ1) is 20.0. The smallest absolute Gasteiger partial charge is 0.267 e. The van der Waals surface area contributed by atoms with Crippen molar-refractivity contribution in [3.8, 4) is 5.82 Å². The number of nitrogens with zero attached hydrogens (tertiary/aromatic N) is 3. The van der Waals surface area contributed by atoms with Gasteiger partial charge in [-0.1, -0.05) is 23.9 Å². The number of carbonyl (C=O) groups excluding carboxylic acids is 1. The molecule has 0 aliphatic carbocycles. The number of hydrogen-bond acceptors (Lipinski definition) is 6. The van der Waals surface area contributed by atoms with E-state index in [0.29, 0.717) is 28.5 Å². The molecule has 2 aromatic heterocycles.